The Hall–Kier alpha value is -1.92. The maximum absolute atomic E-state index is 13.0. The van der Waals surface area contributed by atoms with Gasteiger partial charge in [0.1, 0.15) is 18.1 Å². The summed E-state index contributed by atoms with van der Waals surface area (Å²) >= 11 is 3.21. The van der Waals surface area contributed by atoms with E-state index in [1.807, 2.05) is 0 Å². The van der Waals surface area contributed by atoms with Crippen molar-refractivity contribution in [2.75, 3.05) is 19.7 Å². The molecular formula is C20H23BrFN2O2+. The molecule has 1 heterocycles. The number of amides is 1. The van der Waals surface area contributed by atoms with E-state index in [-0.39, 0.29) is 18.3 Å². The smallest absolute Gasteiger partial charge is 0.258 e. The standard InChI is InChI=1S/C20H22BrFN2O2/c21-18-11-17(22)7-8-19(18)26-14-20(25)23-12-15-3-5-16(6-4-15)13-24-9-1-2-10-24/h3-8,11H,1-2,9-10,12-14H2,(H,23,25)/p+1. The molecule has 3 rings (SSSR count). The zero-order valence-electron chi connectivity index (χ0n) is 14.6. The lowest BCUT2D eigenvalue weighted by atomic mass is 10.1. The van der Waals surface area contributed by atoms with E-state index in [2.05, 4.69) is 45.5 Å². The highest BCUT2D eigenvalue weighted by molar-refractivity contribution is 9.10. The van der Waals surface area contributed by atoms with Gasteiger partial charge in [-0.3, -0.25) is 4.79 Å². The number of carbonyl (C=O) groups excluding carboxylic acids is 1. The van der Waals surface area contributed by atoms with Crippen LogP contribution in [0.3, 0.4) is 0 Å². The van der Waals surface area contributed by atoms with E-state index in [0.29, 0.717) is 16.8 Å². The summed E-state index contributed by atoms with van der Waals surface area (Å²) in [6, 6.07) is 12.5. The summed E-state index contributed by atoms with van der Waals surface area (Å²) in [5.41, 5.74) is 2.39. The Balaban J connectivity index is 1.42. The molecule has 0 aliphatic carbocycles. The second kappa shape index (κ2) is 9.14. The molecule has 2 aromatic rings. The Labute approximate surface area is 161 Å². The summed E-state index contributed by atoms with van der Waals surface area (Å²) in [5.74, 6) is -0.134. The highest BCUT2D eigenvalue weighted by atomic mass is 79.9. The minimum absolute atomic E-state index is 0.110. The molecule has 0 bridgehead atoms. The summed E-state index contributed by atoms with van der Waals surface area (Å²) in [5, 5.41) is 2.83. The molecule has 1 amide bonds. The van der Waals surface area contributed by atoms with Crippen molar-refractivity contribution in [2.24, 2.45) is 0 Å². The number of hydrogen-bond acceptors (Lipinski definition) is 2. The molecular weight excluding hydrogens is 399 g/mol. The van der Waals surface area contributed by atoms with Gasteiger partial charge >= 0.3 is 0 Å². The largest absolute Gasteiger partial charge is 0.483 e. The van der Waals surface area contributed by atoms with E-state index in [9.17, 15) is 9.18 Å². The van der Waals surface area contributed by atoms with Gasteiger partial charge in [0, 0.05) is 24.9 Å². The Kier molecular flexibility index (Phi) is 6.63. The molecule has 0 spiro atoms. The van der Waals surface area contributed by atoms with Crippen LogP contribution in [0.5, 0.6) is 5.75 Å². The first kappa shape index (κ1) is 18.9. The number of nitrogens with one attached hydrogen (secondary N) is 2. The second-order valence-corrected chi connectivity index (χ2v) is 7.44. The van der Waals surface area contributed by atoms with Crippen LogP contribution in [0.2, 0.25) is 0 Å². The predicted octanol–water partition coefficient (Wildman–Crippen LogP) is 2.46. The zero-order valence-corrected chi connectivity index (χ0v) is 16.1. The van der Waals surface area contributed by atoms with Crippen molar-refractivity contribution >= 4 is 21.8 Å². The molecule has 0 unspecified atom stereocenters. The summed E-state index contributed by atoms with van der Waals surface area (Å²) in [4.78, 5) is 13.6. The van der Waals surface area contributed by atoms with Crippen LogP contribution < -0.4 is 15.0 Å². The van der Waals surface area contributed by atoms with Crippen molar-refractivity contribution in [3.8, 4) is 5.75 Å². The van der Waals surface area contributed by atoms with Gasteiger partial charge in [0.2, 0.25) is 0 Å². The number of rotatable bonds is 7. The lowest BCUT2D eigenvalue weighted by Gasteiger charge is -2.12. The quantitative estimate of drug-likeness (QED) is 0.720. The number of carbonyl (C=O) groups is 1. The van der Waals surface area contributed by atoms with Crippen LogP contribution in [0.4, 0.5) is 4.39 Å². The molecule has 4 nitrogen and oxygen atoms in total. The number of halogens is 2. The van der Waals surface area contributed by atoms with Gasteiger partial charge in [0.05, 0.1) is 17.6 Å². The van der Waals surface area contributed by atoms with Crippen molar-refractivity contribution in [2.45, 2.75) is 25.9 Å². The van der Waals surface area contributed by atoms with E-state index in [4.69, 9.17) is 4.74 Å². The summed E-state index contributed by atoms with van der Waals surface area (Å²) in [6.07, 6.45) is 2.66. The average molecular weight is 422 g/mol. The molecule has 1 saturated heterocycles. The summed E-state index contributed by atoms with van der Waals surface area (Å²) in [7, 11) is 0. The van der Waals surface area contributed by atoms with Crippen LogP contribution in [-0.2, 0) is 17.9 Å². The van der Waals surface area contributed by atoms with Crippen LogP contribution in [0.25, 0.3) is 0 Å². The van der Waals surface area contributed by atoms with Gasteiger partial charge in [0.15, 0.2) is 6.61 Å². The normalized spacial score (nSPS) is 14.4. The highest BCUT2D eigenvalue weighted by Crippen LogP contribution is 2.25. The number of benzene rings is 2. The van der Waals surface area contributed by atoms with E-state index >= 15 is 0 Å². The topological polar surface area (TPSA) is 42.8 Å². The third-order valence-corrected chi connectivity index (χ3v) is 5.15. The minimum Gasteiger partial charge on any atom is -0.483 e. The SMILES string of the molecule is O=C(COc1ccc(F)cc1Br)NCc1ccc(C[NH+]2CCCC2)cc1. The van der Waals surface area contributed by atoms with E-state index in [1.165, 1.54) is 49.7 Å². The summed E-state index contributed by atoms with van der Waals surface area (Å²) in [6.45, 7) is 3.96. The fourth-order valence-electron chi connectivity index (χ4n) is 3.10. The van der Waals surface area contributed by atoms with Crippen LogP contribution >= 0.6 is 15.9 Å². The Morgan fingerprint density at radius 2 is 1.81 bits per heavy atom. The maximum atomic E-state index is 13.0. The third kappa shape index (κ3) is 5.54. The highest BCUT2D eigenvalue weighted by Gasteiger charge is 2.15. The van der Waals surface area contributed by atoms with Gasteiger partial charge < -0.3 is 15.0 Å². The Morgan fingerprint density at radius 1 is 1.12 bits per heavy atom. The number of likely N-dealkylation sites (tertiary alicyclic amines) is 1. The minimum atomic E-state index is -0.358. The molecule has 1 aliphatic heterocycles. The van der Waals surface area contributed by atoms with Crippen LogP contribution in [0.1, 0.15) is 24.0 Å². The van der Waals surface area contributed by atoms with Crippen LogP contribution in [0, 0.1) is 5.82 Å². The van der Waals surface area contributed by atoms with E-state index in [0.717, 1.165) is 12.1 Å². The molecule has 1 fully saturated rings. The Morgan fingerprint density at radius 3 is 2.50 bits per heavy atom. The third-order valence-electron chi connectivity index (χ3n) is 4.53. The van der Waals surface area contributed by atoms with E-state index in [1.54, 1.807) is 4.90 Å². The monoisotopic (exact) mass is 421 g/mol. The van der Waals surface area contributed by atoms with Gasteiger partial charge in [-0.05, 0) is 39.7 Å². The zero-order chi connectivity index (χ0) is 18.4. The molecule has 138 valence electrons. The molecule has 2 N–H and O–H groups in total. The van der Waals surface area contributed by atoms with Crippen molar-refractivity contribution in [3.05, 3.63) is 63.9 Å². The number of quaternary nitrogens is 1. The first-order valence-corrected chi connectivity index (χ1v) is 9.65. The van der Waals surface area contributed by atoms with Crippen LogP contribution in [0.15, 0.2) is 46.9 Å². The fourth-order valence-corrected chi connectivity index (χ4v) is 3.57. The fraction of sp³-hybridized carbons (Fsp3) is 0.350. The number of ether oxygens (including phenoxy) is 1. The first-order chi connectivity index (χ1) is 12.6. The molecule has 6 heteroatoms. The van der Waals surface area contributed by atoms with Gasteiger partial charge in [-0.15, -0.1) is 0 Å². The molecule has 0 radical (unpaired) electrons. The first-order valence-electron chi connectivity index (χ1n) is 8.86. The van der Waals surface area contributed by atoms with Gasteiger partial charge in [-0.25, -0.2) is 4.39 Å². The predicted molar refractivity (Wildman–Crippen MR) is 102 cm³/mol. The lowest BCUT2D eigenvalue weighted by Crippen LogP contribution is -3.08. The van der Waals surface area contributed by atoms with Crippen molar-refractivity contribution in [1.29, 1.82) is 0 Å². The molecule has 1 aliphatic rings. The molecule has 0 saturated carbocycles. The average Bonchev–Trinajstić information content (AvgIpc) is 3.13. The van der Waals surface area contributed by atoms with Crippen molar-refractivity contribution < 1.29 is 18.8 Å². The molecule has 0 aromatic heterocycles. The van der Waals surface area contributed by atoms with Crippen molar-refractivity contribution in [3.63, 3.8) is 0 Å². The lowest BCUT2D eigenvalue weighted by molar-refractivity contribution is -0.901. The van der Waals surface area contributed by atoms with Gasteiger partial charge in [-0.1, -0.05) is 24.3 Å². The van der Waals surface area contributed by atoms with Gasteiger partial charge in [0.25, 0.3) is 5.91 Å². The second-order valence-electron chi connectivity index (χ2n) is 6.59. The van der Waals surface area contributed by atoms with Crippen molar-refractivity contribution in [1.82, 2.24) is 5.32 Å². The maximum Gasteiger partial charge on any atom is 0.258 e. The molecule has 26 heavy (non-hydrogen) atoms. The van der Waals surface area contributed by atoms with Gasteiger partial charge in [-0.2, -0.15) is 0 Å². The van der Waals surface area contributed by atoms with E-state index < -0.39 is 0 Å². The summed E-state index contributed by atoms with van der Waals surface area (Å²) < 4.78 is 18.9. The number of hydrogen-bond donors (Lipinski definition) is 2. The molecule has 2 aromatic carbocycles. The molecule has 0 atom stereocenters. The Bertz CT molecular complexity index is 746. The van der Waals surface area contributed by atoms with Crippen LogP contribution in [-0.4, -0.2) is 25.6 Å².